The van der Waals surface area contributed by atoms with Crippen LogP contribution in [0.1, 0.15) is 11.1 Å². The van der Waals surface area contributed by atoms with Crippen molar-refractivity contribution in [1.29, 1.82) is 0 Å². The molecule has 0 aliphatic heterocycles. The zero-order valence-corrected chi connectivity index (χ0v) is 10.1. The maximum atomic E-state index is 9.20. The first-order valence-corrected chi connectivity index (χ1v) is 5.07. The molecule has 0 aliphatic rings. The summed E-state index contributed by atoms with van der Waals surface area (Å²) in [5.41, 5.74) is 2.08. The number of ether oxygens (including phenoxy) is 1. The van der Waals surface area contributed by atoms with Gasteiger partial charge in [0.25, 0.3) is 0 Å². The molecule has 0 aliphatic carbocycles. The van der Waals surface area contributed by atoms with Gasteiger partial charge in [0.05, 0.1) is 13.7 Å². The highest BCUT2D eigenvalue weighted by molar-refractivity contribution is 9.10. The minimum absolute atomic E-state index is 0.436. The summed E-state index contributed by atoms with van der Waals surface area (Å²) in [4.78, 5) is 0. The third-order valence-corrected chi connectivity index (χ3v) is 3.10. The van der Waals surface area contributed by atoms with Crippen molar-refractivity contribution in [2.24, 2.45) is 0 Å². The van der Waals surface area contributed by atoms with E-state index in [1.54, 1.807) is 14.2 Å². The van der Waals surface area contributed by atoms with Crippen LogP contribution in [0, 0.1) is 6.92 Å². The van der Waals surface area contributed by atoms with Gasteiger partial charge in [0.1, 0.15) is 5.75 Å². The first kappa shape index (κ1) is 11.5. The fourth-order valence-electron chi connectivity index (χ4n) is 1.29. The van der Waals surface area contributed by atoms with Crippen molar-refractivity contribution in [1.82, 2.24) is 5.06 Å². The molecule has 0 amide bonds. The SMILES string of the molecule is COc1ccc(C)c(Br)c1CN(C)O. The molecule has 0 unspecified atom stereocenters. The van der Waals surface area contributed by atoms with E-state index >= 15 is 0 Å². The van der Waals surface area contributed by atoms with Crippen LogP contribution in [-0.2, 0) is 6.54 Å². The number of aryl methyl sites for hydroxylation is 1. The van der Waals surface area contributed by atoms with Crippen LogP contribution in [0.15, 0.2) is 16.6 Å². The Morgan fingerprint density at radius 3 is 2.64 bits per heavy atom. The summed E-state index contributed by atoms with van der Waals surface area (Å²) in [5.74, 6) is 0.781. The van der Waals surface area contributed by atoms with E-state index < -0.39 is 0 Å². The summed E-state index contributed by atoms with van der Waals surface area (Å²) in [5, 5.41) is 10.3. The number of rotatable bonds is 3. The first-order chi connectivity index (χ1) is 6.56. The topological polar surface area (TPSA) is 32.7 Å². The molecule has 0 saturated carbocycles. The molecule has 0 heterocycles. The van der Waals surface area contributed by atoms with Crippen molar-refractivity contribution >= 4 is 15.9 Å². The second kappa shape index (κ2) is 4.77. The molecule has 1 rings (SSSR count). The number of halogens is 1. The monoisotopic (exact) mass is 259 g/mol. The van der Waals surface area contributed by atoms with Crippen LogP contribution >= 0.6 is 15.9 Å². The average Bonchev–Trinajstić information content (AvgIpc) is 2.13. The molecule has 1 aromatic carbocycles. The van der Waals surface area contributed by atoms with Crippen LogP contribution in [0.25, 0.3) is 0 Å². The summed E-state index contributed by atoms with van der Waals surface area (Å²) >= 11 is 3.48. The van der Waals surface area contributed by atoms with Crippen molar-refractivity contribution < 1.29 is 9.94 Å². The molecule has 4 heteroatoms. The van der Waals surface area contributed by atoms with E-state index in [-0.39, 0.29) is 0 Å². The van der Waals surface area contributed by atoms with Crippen LogP contribution in [0.4, 0.5) is 0 Å². The maximum absolute atomic E-state index is 9.20. The van der Waals surface area contributed by atoms with Gasteiger partial charge < -0.3 is 9.94 Å². The molecule has 0 radical (unpaired) electrons. The molecule has 0 spiro atoms. The molecule has 14 heavy (non-hydrogen) atoms. The number of hydrogen-bond acceptors (Lipinski definition) is 3. The molecule has 1 N–H and O–H groups in total. The molecule has 78 valence electrons. The Hall–Kier alpha value is -0.580. The normalized spacial score (nSPS) is 10.7. The van der Waals surface area contributed by atoms with Gasteiger partial charge in [-0.1, -0.05) is 22.0 Å². The third-order valence-electron chi connectivity index (χ3n) is 2.00. The second-order valence-corrected chi connectivity index (χ2v) is 3.99. The van der Waals surface area contributed by atoms with Gasteiger partial charge in [-0.15, -0.1) is 0 Å². The highest BCUT2D eigenvalue weighted by Gasteiger charge is 2.10. The smallest absolute Gasteiger partial charge is 0.124 e. The van der Waals surface area contributed by atoms with Crippen LogP contribution in [0.2, 0.25) is 0 Å². The van der Waals surface area contributed by atoms with Gasteiger partial charge in [0, 0.05) is 17.1 Å². The summed E-state index contributed by atoms with van der Waals surface area (Å²) in [6, 6.07) is 3.88. The van der Waals surface area contributed by atoms with Crippen LogP contribution in [0.5, 0.6) is 5.75 Å². The van der Waals surface area contributed by atoms with E-state index in [0.717, 1.165) is 26.4 Å². The first-order valence-electron chi connectivity index (χ1n) is 4.28. The zero-order chi connectivity index (χ0) is 10.7. The van der Waals surface area contributed by atoms with Crippen molar-refractivity contribution in [3.8, 4) is 5.75 Å². The molecule has 0 fully saturated rings. The van der Waals surface area contributed by atoms with Gasteiger partial charge >= 0.3 is 0 Å². The van der Waals surface area contributed by atoms with E-state index in [0.29, 0.717) is 6.54 Å². The predicted molar refractivity (Wildman–Crippen MR) is 58.7 cm³/mol. The molecular weight excluding hydrogens is 246 g/mol. The van der Waals surface area contributed by atoms with Gasteiger partial charge in [-0.3, -0.25) is 0 Å². The number of methoxy groups -OCH3 is 1. The molecule has 0 aromatic heterocycles. The minimum atomic E-state index is 0.436. The summed E-state index contributed by atoms with van der Waals surface area (Å²) in [6.07, 6.45) is 0. The number of hydrogen-bond donors (Lipinski definition) is 1. The summed E-state index contributed by atoms with van der Waals surface area (Å²) in [6.45, 7) is 2.44. The Morgan fingerprint density at radius 1 is 1.50 bits per heavy atom. The Balaban J connectivity index is 3.14. The highest BCUT2D eigenvalue weighted by atomic mass is 79.9. The lowest BCUT2D eigenvalue weighted by molar-refractivity contribution is -0.0737. The molecule has 3 nitrogen and oxygen atoms in total. The van der Waals surface area contributed by atoms with E-state index in [9.17, 15) is 5.21 Å². The van der Waals surface area contributed by atoms with Gasteiger partial charge in [-0.2, -0.15) is 5.06 Å². The molecule has 1 aromatic rings. The van der Waals surface area contributed by atoms with Crippen molar-refractivity contribution in [3.63, 3.8) is 0 Å². The van der Waals surface area contributed by atoms with Gasteiger partial charge in [0.2, 0.25) is 0 Å². The van der Waals surface area contributed by atoms with Gasteiger partial charge in [-0.25, -0.2) is 0 Å². The standard InChI is InChI=1S/C10H14BrNO2/c1-7-4-5-9(14-3)8(10(7)11)6-12(2)13/h4-5,13H,6H2,1-3H3. The lowest BCUT2D eigenvalue weighted by atomic mass is 10.1. The van der Waals surface area contributed by atoms with E-state index in [4.69, 9.17) is 4.74 Å². The van der Waals surface area contributed by atoms with Crippen LogP contribution < -0.4 is 4.74 Å². The quantitative estimate of drug-likeness (QED) is 0.848. The fourth-order valence-corrected chi connectivity index (χ4v) is 1.74. The Kier molecular flexibility index (Phi) is 3.92. The number of nitrogens with zero attached hydrogens (tertiary/aromatic N) is 1. The summed E-state index contributed by atoms with van der Waals surface area (Å²) < 4.78 is 6.20. The van der Waals surface area contributed by atoms with Gasteiger partial charge in [-0.05, 0) is 18.6 Å². The van der Waals surface area contributed by atoms with Crippen molar-refractivity contribution in [2.45, 2.75) is 13.5 Å². The fraction of sp³-hybridized carbons (Fsp3) is 0.400. The van der Waals surface area contributed by atoms with Gasteiger partial charge in [0.15, 0.2) is 0 Å². The molecule has 0 bridgehead atoms. The maximum Gasteiger partial charge on any atom is 0.124 e. The van der Waals surface area contributed by atoms with E-state index in [1.807, 2.05) is 19.1 Å². The summed E-state index contributed by atoms with van der Waals surface area (Å²) in [7, 11) is 3.23. The van der Waals surface area contributed by atoms with E-state index in [1.165, 1.54) is 0 Å². The Morgan fingerprint density at radius 2 is 2.14 bits per heavy atom. The predicted octanol–water partition coefficient (Wildman–Crippen LogP) is 2.59. The zero-order valence-electron chi connectivity index (χ0n) is 8.54. The Bertz CT molecular complexity index is 326. The lowest BCUT2D eigenvalue weighted by Crippen LogP contribution is -2.13. The average molecular weight is 260 g/mol. The molecule has 0 saturated heterocycles. The minimum Gasteiger partial charge on any atom is -0.496 e. The van der Waals surface area contributed by atoms with E-state index in [2.05, 4.69) is 15.9 Å². The number of benzene rings is 1. The third kappa shape index (κ3) is 2.47. The van der Waals surface area contributed by atoms with Crippen molar-refractivity contribution in [3.05, 3.63) is 27.7 Å². The highest BCUT2D eigenvalue weighted by Crippen LogP contribution is 2.30. The van der Waals surface area contributed by atoms with Crippen LogP contribution in [-0.4, -0.2) is 24.4 Å². The lowest BCUT2D eigenvalue weighted by Gasteiger charge is -2.15. The second-order valence-electron chi connectivity index (χ2n) is 3.19. The van der Waals surface area contributed by atoms with Crippen molar-refractivity contribution in [2.75, 3.05) is 14.2 Å². The molecule has 0 atom stereocenters. The largest absolute Gasteiger partial charge is 0.496 e. The molecular formula is C10H14BrNO2. The number of hydroxylamine groups is 2. The van der Waals surface area contributed by atoms with Crippen LogP contribution in [0.3, 0.4) is 0 Å². The Labute approximate surface area is 92.4 Å².